The van der Waals surface area contributed by atoms with E-state index < -0.39 is 9.84 Å². The first-order valence-corrected chi connectivity index (χ1v) is 6.19. The Morgan fingerprint density at radius 3 is 2.50 bits per heavy atom. The van der Waals surface area contributed by atoms with Crippen LogP contribution in [0.5, 0.6) is 0 Å². The molecule has 0 spiro atoms. The van der Waals surface area contributed by atoms with Gasteiger partial charge >= 0.3 is 0 Å². The molecular formula is C10H15NO2S. The van der Waals surface area contributed by atoms with Gasteiger partial charge in [-0.1, -0.05) is 24.6 Å². The van der Waals surface area contributed by atoms with Crippen LogP contribution in [-0.2, 0) is 16.4 Å². The molecule has 0 saturated heterocycles. The van der Waals surface area contributed by atoms with Crippen molar-refractivity contribution in [2.24, 2.45) is 5.73 Å². The third-order valence-corrected chi connectivity index (χ3v) is 3.98. The van der Waals surface area contributed by atoms with Crippen LogP contribution >= 0.6 is 0 Å². The Hall–Kier alpha value is -0.870. The zero-order chi connectivity index (χ0) is 10.8. The van der Waals surface area contributed by atoms with Crippen molar-refractivity contribution >= 4 is 9.84 Å². The Morgan fingerprint density at radius 1 is 1.36 bits per heavy atom. The summed E-state index contributed by atoms with van der Waals surface area (Å²) in [5.41, 5.74) is 7.24. The molecule has 0 aliphatic carbocycles. The molecule has 3 nitrogen and oxygen atoms in total. The molecule has 2 N–H and O–H groups in total. The van der Waals surface area contributed by atoms with Crippen molar-refractivity contribution in [2.45, 2.75) is 25.3 Å². The van der Waals surface area contributed by atoms with Crippen LogP contribution in [0.2, 0.25) is 0 Å². The minimum absolute atomic E-state index is 0.114. The summed E-state index contributed by atoms with van der Waals surface area (Å²) in [5.74, 6) is 0.114. The highest BCUT2D eigenvalue weighted by Crippen LogP contribution is 2.18. The van der Waals surface area contributed by atoms with Crippen LogP contribution in [0.4, 0.5) is 0 Å². The Bertz CT molecular complexity index is 424. The molecule has 0 aliphatic rings. The molecule has 0 bridgehead atoms. The van der Waals surface area contributed by atoms with Gasteiger partial charge in [-0.15, -0.1) is 0 Å². The Balaban J connectivity index is 3.35. The summed E-state index contributed by atoms with van der Waals surface area (Å²) in [5, 5.41) is 0. The average Bonchev–Trinajstić information content (AvgIpc) is 2.17. The first kappa shape index (κ1) is 11.2. The fourth-order valence-electron chi connectivity index (χ4n) is 1.33. The van der Waals surface area contributed by atoms with E-state index in [2.05, 4.69) is 0 Å². The zero-order valence-corrected chi connectivity index (χ0v) is 9.26. The van der Waals surface area contributed by atoms with Crippen LogP contribution < -0.4 is 5.73 Å². The third kappa shape index (κ3) is 2.13. The fraction of sp³-hybridized carbons (Fsp3) is 0.400. The summed E-state index contributed by atoms with van der Waals surface area (Å²) in [6.07, 6.45) is 0. The maximum absolute atomic E-state index is 11.6. The van der Waals surface area contributed by atoms with Crippen molar-refractivity contribution in [3.63, 3.8) is 0 Å². The molecule has 0 radical (unpaired) electrons. The standard InChI is InChI=1S/C10H15NO2S/c1-3-14(12,13)10-5-4-8(2)6-9(10)7-11/h4-6H,3,7,11H2,1-2H3. The smallest absolute Gasteiger partial charge is 0.178 e. The monoisotopic (exact) mass is 213 g/mol. The van der Waals surface area contributed by atoms with E-state index in [1.807, 2.05) is 13.0 Å². The summed E-state index contributed by atoms with van der Waals surface area (Å²) < 4.78 is 23.3. The molecule has 0 fully saturated rings. The van der Waals surface area contributed by atoms with Crippen LogP contribution in [0, 0.1) is 6.92 Å². The van der Waals surface area contributed by atoms with Crippen molar-refractivity contribution < 1.29 is 8.42 Å². The molecular weight excluding hydrogens is 198 g/mol. The molecule has 0 unspecified atom stereocenters. The maximum Gasteiger partial charge on any atom is 0.178 e. The second-order valence-corrected chi connectivity index (χ2v) is 5.47. The first-order chi connectivity index (χ1) is 6.51. The summed E-state index contributed by atoms with van der Waals surface area (Å²) >= 11 is 0. The van der Waals surface area contributed by atoms with Crippen molar-refractivity contribution in [3.8, 4) is 0 Å². The fourth-order valence-corrected chi connectivity index (χ4v) is 2.45. The highest BCUT2D eigenvalue weighted by atomic mass is 32.2. The summed E-state index contributed by atoms with van der Waals surface area (Å²) in [6.45, 7) is 3.81. The van der Waals surface area contributed by atoms with E-state index in [-0.39, 0.29) is 12.3 Å². The van der Waals surface area contributed by atoms with E-state index in [4.69, 9.17) is 5.73 Å². The van der Waals surface area contributed by atoms with Gasteiger partial charge in [0, 0.05) is 6.54 Å². The zero-order valence-electron chi connectivity index (χ0n) is 8.45. The van der Waals surface area contributed by atoms with Gasteiger partial charge in [0.25, 0.3) is 0 Å². The molecule has 0 atom stereocenters. The lowest BCUT2D eigenvalue weighted by Crippen LogP contribution is -2.10. The van der Waals surface area contributed by atoms with Crippen LogP contribution in [0.1, 0.15) is 18.1 Å². The van der Waals surface area contributed by atoms with Crippen LogP contribution in [0.3, 0.4) is 0 Å². The number of rotatable bonds is 3. The minimum atomic E-state index is -3.14. The lowest BCUT2D eigenvalue weighted by molar-refractivity contribution is 0.596. The van der Waals surface area contributed by atoms with Crippen molar-refractivity contribution in [1.82, 2.24) is 0 Å². The molecule has 1 aromatic rings. The van der Waals surface area contributed by atoms with E-state index in [1.165, 1.54) is 0 Å². The minimum Gasteiger partial charge on any atom is -0.326 e. The summed E-state index contributed by atoms with van der Waals surface area (Å²) in [7, 11) is -3.14. The largest absolute Gasteiger partial charge is 0.326 e. The van der Waals surface area contributed by atoms with Crippen molar-refractivity contribution in [1.29, 1.82) is 0 Å². The lowest BCUT2D eigenvalue weighted by Gasteiger charge is -2.08. The number of nitrogens with two attached hydrogens (primary N) is 1. The van der Waals surface area contributed by atoms with E-state index in [0.29, 0.717) is 10.5 Å². The Kier molecular flexibility index (Phi) is 3.29. The van der Waals surface area contributed by atoms with Gasteiger partial charge in [0.05, 0.1) is 10.6 Å². The van der Waals surface area contributed by atoms with Gasteiger partial charge in [0.1, 0.15) is 0 Å². The van der Waals surface area contributed by atoms with Crippen LogP contribution in [0.25, 0.3) is 0 Å². The number of hydrogen-bond donors (Lipinski definition) is 1. The Labute approximate surface area is 84.9 Å². The molecule has 0 aromatic heterocycles. The van der Waals surface area contributed by atoms with Crippen LogP contribution in [-0.4, -0.2) is 14.2 Å². The van der Waals surface area contributed by atoms with Gasteiger partial charge in [-0.25, -0.2) is 8.42 Å². The molecule has 0 aliphatic heterocycles. The summed E-state index contributed by atoms with van der Waals surface area (Å²) in [6, 6.07) is 5.25. The lowest BCUT2D eigenvalue weighted by atomic mass is 10.1. The predicted octanol–water partition coefficient (Wildman–Crippen LogP) is 1.25. The van der Waals surface area contributed by atoms with Gasteiger partial charge in [-0.2, -0.15) is 0 Å². The number of sulfone groups is 1. The molecule has 1 rings (SSSR count). The summed E-state index contributed by atoms with van der Waals surface area (Å²) in [4.78, 5) is 0.369. The number of hydrogen-bond acceptors (Lipinski definition) is 3. The highest BCUT2D eigenvalue weighted by Gasteiger charge is 2.15. The van der Waals surface area contributed by atoms with Gasteiger partial charge in [0.15, 0.2) is 9.84 Å². The van der Waals surface area contributed by atoms with Gasteiger partial charge in [-0.05, 0) is 18.6 Å². The first-order valence-electron chi connectivity index (χ1n) is 4.53. The Morgan fingerprint density at radius 2 is 2.00 bits per heavy atom. The second-order valence-electron chi connectivity index (χ2n) is 3.22. The molecule has 14 heavy (non-hydrogen) atoms. The highest BCUT2D eigenvalue weighted by molar-refractivity contribution is 7.91. The van der Waals surface area contributed by atoms with E-state index in [0.717, 1.165) is 5.56 Å². The number of benzene rings is 1. The van der Waals surface area contributed by atoms with Crippen LogP contribution in [0.15, 0.2) is 23.1 Å². The maximum atomic E-state index is 11.6. The SMILES string of the molecule is CCS(=O)(=O)c1ccc(C)cc1CN. The molecule has 4 heteroatoms. The van der Waals surface area contributed by atoms with Gasteiger partial charge in [-0.3, -0.25) is 0 Å². The second kappa shape index (κ2) is 4.11. The average molecular weight is 213 g/mol. The molecule has 78 valence electrons. The third-order valence-electron chi connectivity index (χ3n) is 2.15. The van der Waals surface area contributed by atoms with E-state index in [1.54, 1.807) is 19.1 Å². The van der Waals surface area contributed by atoms with E-state index in [9.17, 15) is 8.42 Å². The quantitative estimate of drug-likeness (QED) is 0.822. The molecule has 0 saturated carbocycles. The number of aryl methyl sites for hydroxylation is 1. The van der Waals surface area contributed by atoms with E-state index >= 15 is 0 Å². The van der Waals surface area contributed by atoms with Gasteiger partial charge in [0.2, 0.25) is 0 Å². The molecule has 0 amide bonds. The van der Waals surface area contributed by atoms with Crippen molar-refractivity contribution in [2.75, 3.05) is 5.75 Å². The normalized spacial score (nSPS) is 11.6. The van der Waals surface area contributed by atoms with Crippen molar-refractivity contribution in [3.05, 3.63) is 29.3 Å². The van der Waals surface area contributed by atoms with Gasteiger partial charge < -0.3 is 5.73 Å². The molecule has 0 heterocycles. The predicted molar refractivity (Wildman–Crippen MR) is 56.8 cm³/mol. The molecule has 1 aromatic carbocycles. The topological polar surface area (TPSA) is 60.2 Å².